The molecule has 0 atom stereocenters. The lowest BCUT2D eigenvalue weighted by molar-refractivity contribution is 0.460. The highest BCUT2D eigenvalue weighted by Gasteiger charge is 2.12. The van der Waals surface area contributed by atoms with Crippen LogP contribution in [0.3, 0.4) is 0 Å². The third-order valence-electron chi connectivity index (χ3n) is 3.36. The Bertz CT molecular complexity index is 764. The Balaban J connectivity index is 2.04. The summed E-state index contributed by atoms with van der Waals surface area (Å²) in [5.41, 5.74) is 8.56. The van der Waals surface area contributed by atoms with Gasteiger partial charge < -0.3 is 10.5 Å². The van der Waals surface area contributed by atoms with Gasteiger partial charge in [-0.15, -0.1) is 0 Å². The van der Waals surface area contributed by atoms with Gasteiger partial charge in [0.1, 0.15) is 11.3 Å². The molecule has 5 heteroatoms. The van der Waals surface area contributed by atoms with Crippen LogP contribution in [0.15, 0.2) is 42.7 Å². The van der Waals surface area contributed by atoms with Crippen molar-refractivity contribution < 1.29 is 4.74 Å². The third kappa shape index (κ3) is 2.60. The first-order valence-corrected chi connectivity index (χ1v) is 6.99. The van der Waals surface area contributed by atoms with Crippen LogP contribution in [0.25, 0.3) is 5.52 Å². The summed E-state index contributed by atoms with van der Waals surface area (Å²) in [4.78, 5) is 4.33. The van der Waals surface area contributed by atoms with Crippen LogP contribution in [0.1, 0.15) is 31.0 Å². The Morgan fingerprint density at radius 2 is 2.10 bits per heavy atom. The normalized spacial score (nSPS) is 11.2. The molecule has 2 aromatic heterocycles. The average Bonchev–Trinajstić information content (AvgIpc) is 2.93. The monoisotopic (exact) mass is 282 g/mol. The molecule has 0 unspecified atom stereocenters. The first kappa shape index (κ1) is 13.6. The molecule has 0 saturated carbocycles. The molecule has 0 aliphatic rings. The Kier molecular flexibility index (Phi) is 3.58. The first-order chi connectivity index (χ1) is 10.2. The molecular formula is C16H18N4O. The summed E-state index contributed by atoms with van der Waals surface area (Å²) in [6.07, 6.45) is 3.51. The Labute approximate surface area is 123 Å². The molecule has 0 aliphatic carbocycles. The fourth-order valence-electron chi connectivity index (χ4n) is 2.15. The molecule has 2 N–H and O–H groups in total. The molecule has 3 rings (SSSR count). The van der Waals surface area contributed by atoms with Gasteiger partial charge in [0.2, 0.25) is 5.88 Å². The minimum absolute atomic E-state index is 0.356. The molecule has 0 radical (unpaired) electrons. The van der Waals surface area contributed by atoms with E-state index >= 15 is 0 Å². The molecule has 1 aromatic carbocycles. The molecule has 0 fully saturated rings. The second-order valence-electron chi connectivity index (χ2n) is 5.20. The van der Waals surface area contributed by atoms with Crippen molar-refractivity contribution in [1.29, 1.82) is 0 Å². The quantitative estimate of drug-likeness (QED) is 0.798. The smallest absolute Gasteiger partial charge is 0.245 e. The standard InChI is InChI=1S/C16H18N4O/c1-11(2)13-9-14-16(18-7-8-20(14)19-13)21-15-6-4-3-5-12(15)10-17/h3-9,11H,10,17H2,1-2H3. The van der Waals surface area contributed by atoms with E-state index in [1.54, 1.807) is 10.7 Å². The van der Waals surface area contributed by atoms with E-state index in [4.69, 9.17) is 10.5 Å². The van der Waals surface area contributed by atoms with Crippen molar-refractivity contribution in [2.24, 2.45) is 5.73 Å². The van der Waals surface area contributed by atoms with Crippen LogP contribution in [0, 0.1) is 0 Å². The van der Waals surface area contributed by atoms with Gasteiger partial charge in [0, 0.05) is 24.5 Å². The van der Waals surface area contributed by atoms with E-state index in [1.807, 2.05) is 36.5 Å². The van der Waals surface area contributed by atoms with Crippen molar-refractivity contribution in [3.8, 4) is 11.6 Å². The summed E-state index contributed by atoms with van der Waals surface area (Å²) in [5.74, 6) is 1.62. The second-order valence-corrected chi connectivity index (χ2v) is 5.20. The fraction of sp³-hybridized carbons (Fsp3) is 0.250. The molecule has 0 saturated heterocycles. The number of hydrogen-bond donors (Lipinski definition) is 1. The van der Waals surface area contributed by atoms with Gasteiger partial charge in [-0.25, -0.2) is 9.50 Å². The van der Waals surface area contributed by atoms with Gasteiger partial charge >= 0.3 is 0 Å². The topological polar surface area (TPSA) is 65.4 Å². The van der Waals surface area contributed by atoms with E-state index in [-0.39, 0.29) is 0 Å². The third-order valence-corrected chi connectivity index (χ3v) is 3.36. The SMILES string of the molecule is CC(C)c1cc2c(Oc3ccccc3CN)nccn2n1. The van der Waals surface area contributed by atoms with Gasteiger partial charge in [0.05, 0.1) is 5.69 Å². The highest BCUT2D eigenvalue weighted by Crippen LogP contribution is 2.28. The highest BCUT2D eigenvalue weighted by atomic mass is 16.5. The van der Waals surface area contributed by atoms with Gasteiger partial charge in [0.25, 0.3) is 0 Å². The van der Waals surface area contributed by atoms with Crippen molar-refractivity contribution in [1.82, 2.24) is 14.6 Å². The number of nitrogens with two attached hydrogens (primary N) is 1. The molecule has 0 aliphatic heterocycles. The zero-order chi connectivity index (χ0) is 14.8. The number of ether oxygens (including phenoxy) is 1. The Morgan fingerprint density at radius 1 is 1.29 bits per heavy atom. The van der Waals surface area contributed by atoms with E-state index < -0.39 is 0 Å². The number of hydrogen-bond acceptors (Lipinski definition) is 4. The lowest BCUT2D eigenvalue weighted by atomic mass is 10.1. The molecule has 21 heavy (non-hydrogen) atoms. The molecule has 3 aromatic rings. The van der Waals surface area contributed by atoms with E-state index in [9.17, 15) is 0 Å². The zero-order valence-electron chi connectivity index (χ0n) is 12.2. The molecule has 0 spiro atoms. The second kappa shape index (κ2) is 5.54. The molecule has 2 heterocycles. The number of para-hydroxylation sites is 1. The van der Waals surface area contributed by atoms with E-state index in [2.05, 4.69) is 23.9 Å². The maximum atomic E-state index is 5.95. The minimum atomic E-state index is 0.356. The maximum absolute atomic E-state index is 5.95. The van der Waals surface area contributed by atoms with Crippen LogP contribution < -0.4 is 10.5 Å². The van der Waals surface area contributed by atoms with E-state index in [0.717, 1.165) is 22.5 Å². The van der Waals surface area contributed by atoms with Crippen molar-refractivity contribution in [2.75, 3.05) is 0 Å². The minimum Gasteiger partial charge on any atom is -0.437 e. The van der Waals surface area contributed by atoms with Crippen molar-refractivity contribution in [2.45, 2.75) is 26.3 Å². The summed E-state index contributed by atoms with van der Waals surface area (Å²) in [6, 6.07) is 9.72. The molecule has 0 bridgehead atoms. The van der Waals surface area contributed by atoms with Gasteiger partial charge in [-0.05, 0) is 18.1 Å². The summed E-state index contributed by atoms with van der Waals surface area (Å²) in [6.45, 7) is 4.65. The maximum Gasteiger partial charge on any atom is 0.245 e. The van der Waals surface area contributed by atoms with Crippen LogP contribution in [0.2, 0.25) is 0 Å². The molecule has 108 valence electrons. The largest absolute Gasteiger partial charge is 0.437 e. The summed E-state index contributed by atoms with van der Waals surface area (Å²) in [7, 11) is 0. The zero-order valence-corrected chi connectivity index (χ0v) is 12.2. The van der Waals surface area contributed by atoms with Crippen LogP contribution >= 0.6 is 0 Å². The number of nitrogens with zero attached hydrogens (tertiary/aromatic N) is 3. The summed E-state index contributed by atoms with van der Waals surface area (Å²) < 4.78 is 7.75. The summed E-state index contributed by atoms with van der Waals surface area (Å²) >= 11 is 0. The van der Waals surface area contributed by atoms with E-state index in [0.29, 0.717) is 18.3 Å². The first-order valence-electron chi connectivity index (χ1n) is 6.99. The number of benzene rings is 1. The lowest BCUT2D eigenvalue weighted by Crippen LogP contribution is -2.00. The molecule has 0 amide bonds. The predicted octanol–water partition coefficient (Wildman–Crippen LogP) is 3.10. The van der Waals surface area contributed by atoms with Crippen LogP contribution in [0.5, 0.6) is 11.6 Å². The van der Waals surface area contributed by atoms with Crippen LogP contribution in [-0.2, 0) is 6.54 Å². The Hall–Kier alpha value is -2.40. The van der Waals surface area contributed by atoms with Crippen LogP contribution in [0.4, 0.5) is 0 Å². The molecule has 5 nitrogen and oxygen atoms in total. The lowest BCUT2D eigenvalue weighted by Gasteiger charge is -2.09. The van der Waals surface area contributed by atoms with Crippen molar-refractivity contribution in [3.63, 3.8) is 0 Å². The average molecular weight is 282 g/mol. The van der Waals surface area contributed by atoms with Gasteiger partial charge in [0.15, 0.2) is 0 Å². The Morgan fingerprint density at radius 3 is 2.86 bits per heavy atom. The van der Waals surface area contributed by atoms with Gasteiger partial charge in [-0.2, -0.15) is 5.10 Å². The highest BCUT2D eigenvalue weighted by molar-refractivity contribution is 5.58. The number of rotatable bonds is 4. The fourth-order valence-corrected chi connectivity index (χ4v) is 2.15. The van der Waals surface area contributed by atoms with Crippen molar-refractivity contribution >= 4 is 5.52 Å². The molecular weight excluding hydrogens is 264 g/mol. The predicted molar refractivity (Wildman–Crippen MR) is 81.5 cm³/mol. The van der Waals surface area contributed by atoms with E-state index in [1.165, 1.54) is 0 Å². The number of fused-ring (bicyclic) bond motifs is 1. The van der Waals surface area contributed by atoms with Gasteiger partial charge in [-0.1, -0.05) is 32.0 Å². The van der Waals surface area contributed by atoms with Crippen molar-refractivity contribution in [3.05, 3.63) is 54.0 Å². The van der Waals surface area contributed by atoms with Gasteiger partial charge in [-0.3, -0.25) is 0 Å². The van der Waals surface area contributed by atoms with Crippen LogP contribution in [-0.4, -0.2) is 14.6 Å². The summed E-state index contributed by atoms with van der Waals surface area (Å²) in [5, 5.41) is 4.53. The number of aromatic nitrogens is 3.